The van der Waals surface area contributed by atoms with Crippen LogP contribution in [0.2, 0.25) is 0 Å². The van der Waals surface area contributed by atoms with E-state index in [1.54, 1.807) is 0 Å². The van der Waals surface area contributed by atoms with Gasteiger partial charge < -0.3 is 5.11 Å². The zero-order valence-corrected chi connectivity index (χ0v) is 20.1. The molecule has 0 unspecified atom stereocenters. The van der Waals surface area contributed by atoms with E-state index in [4.69, 9.17) is 9.29 Å². The fraction of sp³-hybridized carbons (Fsp3) is 0.900. The Balaban J connectivity index is 0. The van der Waals surface area contributed by atoms with E-state index >= 15 is 0 Å². The number of unbranched alkanes of at least 4 members (excludes halogenated alkanes) is 12. The van der Waals surface area contributed by atoms with Crippen molar-refractivity contribution in [1.29, 1.82) is 0 Å². The van der Waals surface area contributed by atoms with Crippen LogP contribution in [-0.2, 0) is 14.3 Å². The van der Waals surface area contributed by atoms with Gasteiger partial charge in [0, 0.05) is 29.6 Å². The number of aliphatic hydroxyl groups excluding tert-OH is 1. The summed E-state index contributed by atoms with van der Waals surface area (Å²) >= 11 is 0. The van der Waals surface area contributed by atoms with Crippen molar-refractivity contribution in [3.8, 4) is 0 Å². The van der Waals surface area contributed by atoms with Crippen LogP contribution in [-0.4, -0.2) is 62.0 Å². The zero-order chi connectivity index (χ0) is 18.6. The van der Waals surface area contributed by atoms with Crippen LogP contribution in [0.4, 0.5) is 0 Å². The van der Waals surface area contributed by atoms with Crippen molar-refractivity contribution < 1.29 is 17.7 Å². The number of allylic oxidation sites excluding steroid dienone is 2. The Hall–Kier alpha value is 0.610. The standard InChI is InChI=1S/C20H40O4S.Na/c1-2-3-4-5-6-7-8-9-10-11-12-13-14-15-16-17-19-24-25(22,23)20-18-21;/h9-10,21H,2-8,11-20H2,1H3;. The molecule has 0 aromatic rings. The molecule has 0 rings (SSSR count). The van der Waals surface area contributed by atoms with Gasteiger partial charge in [-0.15, -0.1) is 0 Å². The average Bonchev–Trinajstić information content (AvgIpc) is 2.57. The van der Waals surface area contributed by atoms with E-state index < -0.39 is 10.1 Å². The maximum absolute atomic E-state index is 11.2. The van der Waals surface area contributed by atoms with Crippen molar-refractivity contribution >= 4 is 39.7 Å². The van der Waals surface area contributed by atoms with Gasteiger partial charge in [0.25, 0.3) is 10.1 Å². The van der Waals surface area contributed by atoms with Crippen LogP contribution in [0.1, 0.15) is 96.8 Å². The first-order valence-electron chi connectivity index (χ1n) is 10.3. The number of aliphatic hydroxyl groups is 1. The average molecular weight is 400 g/mol. The smallest absolute Gasteiger partial charge is 0.269 e. The molecule has 1 N–H and O–H groups in total. The van der Waals surface area contributed by atoms with Crippen LogP contribution >= 0.6 is 0 Å². The fourth-order valence-electron chi connectivity index (χ4n) is 2.71. The Labute approximate surface area is 184 Å². The van der Waals surface area contributed by atoms with Crippen molar-refractivity contribution in [3.63, 3.8) is 0 Å². The fourth-order valence-corrected chi connectivity index (χ4v) is 3.42. The van der Waals surface area contributed by atoms with Crippen molar-refractivity contribution in [2.24, 2.45) is 0 Å². The second-order valence-electron chi connectivity index (χ2n) is 6.75. The van der Waals surface area contributed by atoms with Gasteiger partial charge in [-0.2, -0.15) is 8.42 Å². The van der Waals surface area contributed by atoms with Crippen LogP contribution in [0.15, 0.2) is 12.2 Å². The van der Waals surface area contributed by atoms with E-state index in [1.165, 1.54) is 70.6 Å². The van der Waals surface area contributed by atoms with Gasteiger partial charge in [-0.3, -0.25) is 4.18 Å². The minimum absolute atomic E-state index is 0. The zero-order valence-electron chi connectivity index (χ0n) is 17.3. The molecule has 0 atom stereocenters. The molecule has 0 saturated carbocycles. The molecular weight excluding hydrogens is 359 g/mol. The molecule has 0 heterocycles. The Bertz CT molecular complexity index is 397. The molecule has 0 spiro atoms. The van der Waals surface area contributed by atoms with E-state index in [0.717, 1.165) is 19.3 Å². The first-order chi connectivity index (χ1) is 12.1. The maximum atomic E-state index is 11.2. The Morgan fingerprint density at radius 2 is 1.23 bits per heavy atom. The predicted octanol–water partition coefficient (Wildman–Crippen LogP) is 4.98. The summed E-state index contributed by atoms with van der Waals surface area (Å²) in [6.07, 6.45) is 21.8. The molecule has 0 amide bonds. The molecule has 0 fully saturated rings. The van der Waals surface area contributed by atoms with Gasteiger partial charge in [-0.1, -0.05) is 76.9 Å². The number of hydrogen-bond acceptors (Lipinski definition) is 4. The third-order valence-corrected chi connectivity index (χ3v) is 5.47. The van der Waals surface area contributed by atoms with Crippen LogP contribution in [0.5, 0.6) is 0 Å². The van der Waals surface area contributed by atoms with E-state index in [1.807, 2.05) is 0 Å². The third kappa shape index (κ3) is 22.7. The van der Waals surface area contributed by atoms with Crippen molar-refractivity contribution in [2.45, 2.75) is 96.8 Å². The molecule has 0 aliphatic carbocycles. The molecule has 0 aliphatic heterocycles. The molecule has 1 radical (unpaired) electrons. The summed E-state index contributed by atoms with van der Waals surface area (Å²) in [7, 11) is -3.51. The summed E-state index contributed by atoms with van der Waals surface area (Å²) in [5, 5.41) is 8.58. The summed E-state index contributed by atoms with van der Waals surface area (Å²) in [6.45, 7) is 2.12. The van der Waals surface area contributed by atoms with Gasteiger partial charge in [-0.25, -0.2) is 0 Å². The minimum Gasteiger partial charge on any atom is -0.395 e. The topological polar surface area (TPSA) is 63.6 Å². The molecule has 0 aromatic heterocycles. The maximum Gasteiger partial charge on any atom is 0.269 e. The van der Waals surface area contributed by atoms with Crippen molar-refractivity contribution in [3.05, 3.63) is 12.2 Å². The monoisotopic (exact) mass is 399 g/mol. The van der Waals surface area contributed by atoms with Crippen LogP contribution in [0.3, 0.4) is 0 Å². The van der Waals surface area contributed by atoms with Crippen LogP contribution < -0.4 is 0 Å². The molecule has 6 heteroatoms. The third-order valence-electron chi connectivity index (χ3n) is 4.26. The van der Waals surface area contributed by atoms with Crippen molar-refractivity contribution in [1.82, 2.24) is 0 Å². The molecule has 0 aromatic carbocycles. The molecule has 0 saturated heterocycles. The molecule has 0 aliphatic rings. The molecule has 4 nitrogen and oxygen atoms in total. The largest absolute Gasteiger partial charge is 0.395 e. The van der Waals surface area contributed by atoms with Gasteiger partial charge in [0.15, 0.2) is 0 Å². The first-order valence-corrected chi connectivity index (χ1v) is 11.8. The van der Waals surface area contributed by atoms with E-state index in [0.29, 0.717) is 0 Å². The Morgan fingerprint density at radius 3 is 1.73 bits per heavy atom. The Morgan fingerprint density at radius 1 is 0.769 bits per heavy atom. The predicted molar refractivity (Wildman–Crippen MR) is 112 cm³/mol. The summed E-state index contributed by atoms with van der Waals surface area (Å²) in [5.41, 5.74) is 0. The molecule has 26 heavy (non-hydrogen) atoms. The second kappa shape index (κ2) is 21.9. The molecular formula is C20H40NaO4S. The summed E-state index contributed by atoms with van der Waals surface area (Å²) in [6, 6.07) is 0. The van der Waals surface area contributed by atoms with Crippen LogP contribution in [0.25, 0.3) is 0 Å². The number of hydrogen-bond donors (Lipinski definition) is 1. The molecule has 151 valence electrons. The van der Waals surface area contributed by atoms with Gasteiger partial charge >= 0.3 is 0 Å². The first kappa shape index (κ1) is 28.8. The summed E-state index contributed by atoms with van der Waals surface area (Å²) in [4.78, 5) is 0. The molecule has 0 bridgehead atoms. The SMILES string of the molecule is CCCCCCCCC=CCCCCCCCCOS(=O)(=O)CCO.[Na]. The van der Waals surface area contributed by atoms with Gasteiger partial charge in [0.05, 0.1) is 19.0 Å². The van der Waals surface area contributed by atoms with Crippen LogP contribution in [0, 0.1) is 0 Å². The van der Waals surface area contributed by atoms with E-state index in [-0.39, 0.29) is 48.5 Å². The normalized spacial score (nSPS) is 11.8. The summed E-state index contributed by atoms with van der Waals surface area (Å²) in [5.74, 6) is -0.306. The minimum atomic E-state index is -3.51. The quantitative estimate of drug-likeness (QED) is 0.144. The van der Waals surface area contributed by atoms with E-state index in [2.05, 4.69) is 19.1 Å². The second-order valence-corrected chi connectivity index (χ2v) is 8.50. The Kier molecular flexibility index (Phi) is 24.3. The van der Waals surface area contributed by atoms with Crippen molar-refractivity contribution in [2.75, 3.05) is 19.0 Å². The summed E-state index contributed by atoms with van der Waals surface area (Å²) < 4.78 is 27.2. The number of rotatable bonds is 19. The van der Waals surface area contributed by atoms with Gasteiger partial charge in [-0.05, 0) is 32.1 Å². The van der Waals surface area contributed by atoms with Gasteiger partial charge in [0.1, 0.15) is 0 Å². The van der Waals surface area contributed by atoms with Gasteiger partial charge in [0.2, 0.25) is 0 Å². The van der Waals surface area contributed by atoms with E-state index in [9.17, 15) is 8.42 Å².